The first-order valence-electron chi connectivity index (χ1n) is 8.37. The molecule has 0 unspecified atom stereocenters. The van der Waals surface area contributed by atoms with Gasteiger partial charge in [0.1, 0.15) is 10.8 Å². The van der Waals surface area contributed by atoms with Crippen molar-refractivity contribution in [3.8, 4) is 10.6 Å². The van der Waals surface area contributed by atoms with Gasteiger partial charge in [-0.05, 0) is 13.0 Å². The molecular formula is C20H22FIN4S. The molecule has 0 aliphatic carbocycles. The summed E-state index contributed by atoms with van der Waals surface area (Å²) in [6, 6.07) is 16.9. The third-order valence-electron chi connectivity index (χ3n) is 3.96. The first-order chi connectivity index (χ1) is 12.7. The van der Waals surface area contributed by atoms with Crippen molar-refractivity contribution in [1.29, 1.82) is 0 Å². The van der Waals surface area contributed by atoms with E-state index in [-0.39, 0.29) is 29.8 Å². The summed E-state index contributed by atoms with van der Waals surface area (Å²) in [6.07, 6.45) is 0. The van der Waals surface area contributed by atoms with Gasteiger partial charge in [-0.15, -0.1) is 35.3 Å². The van der Waals surface area contributed by atoms with Crippen LogP contribution in [0.1, 0.15) is 16.1 Å². The summed E-state index contributed by atoms with van der Waals surface area (Å²) >= 11 is 1.67. The Morgan fingerprint density at radius 3 is 2.41 bits per heavy atom. The highest BCUT2D eigenvalue weighted by Gasteiger charge is 2.10. The van der Waals surface area contributed by atoms with Gasteiger partial charge in [-0.3, -0.25) is 4.99 Å². The zero-order valence-electron chi connectivity index (χ0n) is 15.2. The molecule has 0 radical (unpaired) electrons. The Labute approximate surface area is 180 Å². The number of rotatable bonds is 5. The Balaban J connectivity index is 0.00000261. The van der Waals surface area contributed by atoms with Crippen LogP contribution in [0.5, 0.6) is 0 Å². The van der Waals surface area contributed by atoms with E-state index in [4.69, 9.17) is 0 Å². The Kier molecular flexibility index (Phi) is 8.18. The van der Waals surface area contributed by atoms with E-state index in [2.05, 4.69) is 32.7 Å². The number of halogens is 2. The monoisotopic (exact) mass is 496 g/mol. The van der Waals surface area contributed by atoms with E-state index in [0.717, 1.165) is 21.1 Å². The van der Waals surface area contributed by atoms with Gasteiger partial charge in [0, 0.05) is 29.6 Å². The van der Waals surface area contributed by atoms with Crippen LogP contribution in [0.4, 0.5) is 4.39 Å². The molecule has 2 aromatic carbocycles. The fourth-order valence-electron chi connectivity index (χ4n) is 2.50. The third kappa shape index (κ3) is 5.74. The first-order valence-corrected chi connectivity index (χ1v) is 9.18. The minimum Gasteiger partial charge on any atom is -0.352 e. The van der Waals surface area contributed by atoms with Crippen LogP contribution in [0.25, 0.3) is 10.6 Å². The minimum absolute atomic E-state index is 0. The number of nitrogens with one attached hydrogen (secondary N) is 2. The van der Waals surface area contributed by atoms with Crippen LogP contribution < -0.4 is 10.6 Å². The molecule has 0 amide bonds. The van der Waals surface area contributed by atoms with E-state index in [1.54, 1.807) is 30.5 Å². The summed E-state index contributed by atoms with van der Waals surface area (Å²) in [6.45, 7) is 3.01. The van der Waals surface area contributed by atoms with Crippen molar-refractivity contribution in [2.45, 2.75) is 20.0 Å². The standard InChI is InChI=1S/C20H21FN4S.HI/c1-14-18(26-19(25-14)15-8-4-3-5-9-15)13-24-20(22-2)23-12-16-10-6-7-11-17(16)21;/h3-11H,12-13H2,1-2H3,(H2,22,23,24);1H. The van der Waals surface area contributed by atoms with E-state index >= 15 is 0 Å². The minimum atomic E-state index is -0.221. The van der Waals surface area contributed by atoms with Gasteiger partial charge in [0.2, 0.25) is 0 Å². The SMILES string of the molecule is CN=C(NCc1ccccc1F)NCc1sc(-c2ccccc2)nc1C.I. The van der Waals surface area contributed by atoms with Crippen molar-refractivity contribution in [1.82, 2.24) is 15.6 Å². The van der Waals surface area contributed by atoms with Gasteiger partial charge < -0.3 is 10.6 Å². The molecule has 1 aromatic heterocycles. The fourth-order valence-corrected chi connectivity index (χ4v) is 3.51. The van der Waals surface area contributed by atoms with Crippen LogP contribution in [0.3, 0.4) is 0 Å². The molecular weight excluding hydrogens is 474 g/mol. The lowest BCUT2D eigenvalue weighted by Gasteiger charge is -2.11. The maximum atomic E-state index is 13.7. The molecule has 142 valence electrons. The number of nitrogens with zero attached hydrogens (tertiary/aromatic N) is 2. The molecule has 0 fully saturated rings. The number of hydrogen-bond acceptors (Lipinski definition) is 3. The third-order valence-corrected chi connectivity index (χ3v) is 5.16. The Hall–Kier alpha value is -2.00. The highest BCUT2D eigenvalue weighted by Crippen LogP contribution is 2.27. The van der Waals surface area contributed by atoms with Gasteiger partial charge in [0.05, 0.1) is 12.2 Å². The number of guanidine groups is 1. The van der Waals surface area contributed by atoms with Crippen LogP contribution in [-0.2, 0) is 13.1 Å². The number of hydrogen-bond donors (Lipinski definition) is 2. The van der Waals surface area contributed by atoms with Crippen LogP contribution in [0, 0.1) is 12.7 Å². The highest BCUT2D eigenvalue weighted by atomic mass is 127. The van der Waals surface area contributed by atoms with Crippen molar-refractivity contribution in [3.05, 3.63) is 76.5 Å². The predicted octanol–water partition coefficient (Wildman–Crippen LogP) is 4.74. The summed E-state index contributed by atoms with van der Waals surface area (Å²) < 4.78 is 13.7. The maximum absolute atomic E-state index is 13.7. The average Bonchev–Trinajstić information content (AvgIpc) is 3.05. The Bertz CT molecular complexity index is 896. The summed E-state index contributed by atoms with van der Waals surface area (Å²) in [5, 5.41) is 7.41. The highest BCUT2D eigenvalue weighted by molar-refractivity contribution is 14.0. The molecule has 0 atom stereocenters. The zero-order chi connectivity index (χ0) is 18.4. The molecule has 0 spiro atoms. The zero-order valence-corrected chi connectivity index (χ0v) is 18.3. The molecule has 3 aromatic rings. The van der Waals surface area contributed by atoms with Gasteiger partial charge >= 0.3 is 0 Å². The van der Waals surface area contributed by atoms with Gasteiger partial charge in [-0.1, -0.05) is 48.5 Å². The topological polar surface area (TPSA) is 49.3 Å². The van der Waals surface area contributed by atoms with Crippen LogP contribution in [0.2, 0.25) is 0 Å². The largest absolute Gasteiger partial charge is 0.352 e. The molecule has 3 rings (SSSR count). The van der Waals surface area contributed by atoms with Crippen molar-refractivity contribution in [2.24, 2.45) is 4.99 Å². The van der Waals surface area contributed by atoms with Crippen molar-refractivity contribution in [3.63, 3.8) is 0 Å². The Morgan fingerprint density at radius 2 is 1.70 bits per heavy atom. The van der Waals surface area contributed by atoms with Gasteiger partial charge in [0.25, 0.3) is 0 Å². The quantitative estimate of drug-likeness (QED) is 0.305. The average molecular weight is 496 g/mol. The smallest absolute Gasteiger partial charge is 0.191 e. The second-order valence-corrected chi connectivity index (χ2v) is 6.85. The van der Waals surface area contributed by atoms with E-state index in [1.165, 1.54) is 6.07 Å². The number of aryl methyl sites for hydroxylation is 1. The number of benzene rings is 2. The molecule has 0 aliphatic rings. The van der Waals surface area contributed by atoms with Gasteiger partial charge in [0.15, 0.2) is 5.96 Å². The van der Waals surface area contributed by atoms with E-state index < -0.39 is 0 Å². The van der Waals surface area contributed by atoms with Crippen LogP contribution in [0.15, 0.2) is 59.6 Å². The molecule has 1 heterocycles. The summed E-state index contributed by atoms with van der Waals surface area (Å²) in [7, 11) is 1.70. The van der Waals surface area contributed by atoms with Crippen molar-refractivity contribution < 1.29 is 4.39 Å². The van der Waals surface area contributed by atoms with Crippen LogP contribution in [-0.4, -0.2) is 18.0 Å². The lowest BCUT2D eigenvalue weighted by molar-refractivity contribution is 0.604. The van der Waals surface area contributed by atoms with Gasteiger partial charge in [-0.25, -0.2) is 9.37 Å². The molecule has 7 heteroatoms. The van der Waals surface area contributed by atoms with Crippen molar-refractivity contribution in [2.75, 3.05) is 7.05 Å². The van der Waals surface area contributed by atoms with E-state index in [0.29, 0.717) is 24.6 Å². The summed E-state index contributed by atoms with van der Waals surface area (Å²) in [5.74, 6) is 0.406. The fraction of sp³-hybridized carbons (Fsp3) is 0.200. The number of aromatic nitrogens is 1. The van der Waals surface area contributed by atoms with E-state index in [9.17, 15) is 4.39 Å². The summed E-state index contributed by atoms with van der Waals surface area (Å²) in [5.41, 5.74) is 2.73. The number of aliphatic imine (C=N–C) groups is 1. The molecule has 4 nitrogen and oxygen atoms in total. The van der Waals surface area contributed by atoms with Crippen LogP contribution >= 0.6 is 35.3 Å². The molecule has 2 N–H and O–H groups in total. The van der Waals surface area contributed by atoms with Crippen molar-refractivity contribution >= 4 is 41.3 Å². The molecule has 27 heavy (non-hydrogen) atoms. The summed E-state index contributed by atoms with van der Waals surface area (Å²) in [4.78, 5) is 10.0. The molecule has 0 aliphatic heterocycles. The molecule has 0 saturated heterocycles. The second-order valence-electron chi connectivity index (χ2n) is 5.76. The molecule has 0 bridgehead atoms. The first kappa shape index (κ1) is 21.3. The predicted molar refractivity (Wildman–Crippen MR) is 121 cm³/mol. The lowest BCUT2D eigenvalue weighted by atomic mass is 10.2. The Morgan fingerprint density at radius 1 is 1.04 bits per heavy atom. The number of thiazole rings is 1. The second kappa shape index (κ2) is 10.4. The maximum Gasteiger partial charge on any atom is 0.191 e. The van der Waals surface area contributed by atoms with E-state index in [1.807, 2.05) is 31.2 Å². The van der Waals surface area contributed by atoms with Gasteiger partial charge in [-0.2, -0.15) is 0 Å². The lowest BCUT2D eigenvalue weighted by Crippen LogP contribution is -2.36. The molecule has 0 saturated carbocycles. The normalized spacial score (nSPS) is 11.0.